The molecule has 1 fully saturated rings. The van der Waals surface area contributed by atoms with Crippen molar-refractivity contribution >= 4 is 33.4 Å². The van der Waals surface area contributed by atoms with Gasteiger partial charge >= 0.3 is 5.97 Å². The second-order valence-electron chi connectivity index (χ2n) is 7.14. The van der Waals surface area contributed by atoms with Gasteiger partial charge in [0.2, 0.25) is 0 Å². The predicted octanol–water partition coefficient (Wildman–Crippen LogP) is 4.17. The molecule has 0 spiro atoms. The normalized spacial score (nSPS) is 16.9. The van der Waals surface area contributed by atoms with Gasteiger partial charge in [-0.2, -0.15) is 0 Å². The van der Waals surface area contributed by atoms with Crippen LogP contribution >= 0.6 is 11.3 Å². The lowest BCUT2D eigenvalue weighted by molar-refractivity contribution is -0.135. The van der Waals surface area contributed by atoms with Crippen LogP contribution in [0.5, 0.6) is 0 Å². The van der Waals surface area contributed by atoms with Crippen LogP contribution in [0.15, 0.2) is 48.5 Å². The maximum atomic E-state index is 12.6. The van der Waals surface area contributed by atoms with E-state index in [1.807, 2.05) is 37.3 Å². The summed E-state index contributed by atoms with van der Waals surface area (Å²) in [6.07, 6.45) is 1.95. The Balaban J connectivity index is 1.36. The standard InChI is InChI=1S/C22H22N2O3S/c1-15-8-10-16(11-9-15)22(26)27-14-20(25)24-12-4-5-17(13-24)21-23-18-6-2-3-7-19(18)28-21/h2-3,6-11,17H,4-5,12-14H2,1H3/t17-/m1/s1. The minimum atomic E-state index is -0.465. The highest BCUT2D eigenvalue weighted by atomic mass is 32.1. The maximum absolute atomic E-state index is 12.6. The van der Waals surface area contributed by atoms with Gasteiger partial charge in [0, 0.05) is 19.0 Å². The topological polar surface area (TPSA) is 59.5 Å². The summed E-state index contributed by atoms with van der Waals surface area (Å²) in [6.45, 7) is 3.05. The third-order valence-electron chi connectivity index (χ3n) is 5.05. The third kappa shape index (κ3) is 4.07. The van der Waals surface area contributed by atoms with Crippen LogP contribution in [0.4, 0.5) is 0 Å². The van der Waals surface area contributed by atoms with Crippen LogP contribution < -0.4 is 0 Å². The molecular formula is C22H22N2O3S. The van der Waals surface area contributed by atoms with Crippen LogP contribution in [0.3, 0.4) is 0 Å². The Bertz CT molecular complexity index is 963. The number of aryl methyl sites for hydroxylation is 1. The van der Waals surface area contributed by atoms with E-state index in [-0.39, 0.29) is 18.4 Å². The van der Waals surface area contributed by atoms with Crippen LogP contribution in [-0.4, -0.2) is 41.5 Å². The third-order valence-corrected chi connectivity index (χ3v) is 6.25. The summed E-state index contributed by atoms with van der Waals surface area (Å²) in [5.41, 5.74) is 2.55. The Morgan fingerprint density at radius 1 is 1.18 bits per heavy atom. The van der Waals surface area contributed by atoms with Gasteiger partial charge in [0.15, 0.2) is 6.61 Å². The van der Waals surface area contributed by atoms with E-state index in [9.17, 15) is 9.59 Å². The molecule has 2 heterocycles. The van der Waals surface area contributed by atoms with E-state index in [0.717, 1.165) is 28.9 Å². The lowest BCUT2D eigenvalue weighted by Gasteiger charge is -2.31. The minimum Gasteiger partial charge on any atom is -0.452 e. The molecule has 0 N–H and O–H groups in total. The molecule has 3 aromatic rings. The molecule has 6 heteroatoms. The number of fused-ring (bicyclic) bond motifs is 1. The Labute approximate surface area is 168 Å². The number of likely N-dealkylation sites (tertiary alicyclic amines) is 1. The maximum Gasteiger partial charge on any atom is 0.338 e. The highest BCUT2D eigenvalue weighted by Crippen LogP contribution is 2.32. The van der Waals surface area contributed by atoms with Crippen molar-refractivity contribution in [2.75, 3.05) is 19.7 Å². The zero-order valence-corrected chi connectivity index (χ0v) is 16.6. The Morgan fingerprint density at radius 3 is 2.75 bits per heavy atom. The van der Waals surface area contributed by atoms with Gasteiger partial charge in [0.1, 0.15) is 0 Å². The van der Waals surface area contributed by atoms with Crippen LogP contribution in [0.1, 0.15) is 39.7 Å². The molecule has 28 heavy (non-hydrogen) atoms. The number of thiazole rings is 1. The van der Waals surface area contributed by atoms with Crippen molar-refractivity contribution in [1.82, 2.24) is 9.88 Å². The summed E-state index contributed by atoms with van der Waals surface area (Å²) in [7, 11) is 0. The molecule has 1 atom stereocenters. The number of hydrogen-bond donors (Lipinski definition) is 0. The number of nitrogens with zero attached hydrogens (tertiary/aromatic N) is 2. The second-order valence-corrected chi connectivity index (χ2v) is 8.20. The number of amides is 1. The molecule has 144 valence electrons. The SMILES string of the molecule is Cc1ccc(C(=O)OCC(=O)N2CCC[C@@H](c3nc4ccccc4s3)C2)cc1. The van der Waals surface area contributed by atoms with E-state index in [4.69, 9.17) is 9.72 Å². The summed E-state index contributed by atoms with van der Waals surface area (Å²) >= 11 is 1.70. The van der Waals surface area contributed by atoms with Gasteiger partial charge in [-0.15, -0.1) is 11.3 Å². The van der Waals surface area contributed by atoms with Crippen molar-refractivity contribution in [3.63, 3.8) is 0 Å². The number of ether oxygens (including phenoxy) is 1. The summed E-state index contributed by atoms with van der Waals surface area (Å²) in [4.78, 5) is 31.2. The first-order valence-electron chi connectivity index (χ1n) is 9.47. The number of carbonyl (C=O) groups is 2. The van der Waals surface area contributed by atoms with Gasteiger partial charge in [-0.25, -0.2) is 9.78 Å². The number of piperidine rings is 1. The molecule has 1 amide bonds. The summed E-state index contributed by atoms with van der Waals surface area (Å²) in [5.74, 6) is -0.373. The average Bonchev–Trinajstić information content (AvgIpc) is 3.17. The van der Waals surface area contributed by atoms with Crippen LogP contribution in [0, 0.1) is 6.92 Å². The number of hydrogen-bond acceptors (Lipinski definition) is 5. The fourth-order valence-corrected chi connectivity index (χ4v) is 4.55. The first-order chi connectivity index (χ1) is 13.6. The fraction of sp³-hybridized carbons (Fsp3) is 0.318. The Kier molecular flexibility index (Phi) is 5.39. The molecule has 1 saturated heterocycles. The lowest BCUT2D eigenvalue weighted by atomic mass is 9.99. The predicted molar refractivity (Wildman–Crippen MR) is 110 cm³/mol. The zero-order valence-electron chi connectivity index (χ0n) is 15.8. The van der Waals surface area contributed by atoms with Crippen molar-refractivity contribution < 1.29 is 14.3 Å². The van der Waals surface area contributed by atoms with Gasteiger partial charge in [-0.1, -0.05) is 29.8 Å². The molecule has 4 rings (SSSR count). The average molecular weight is 394 g/mol. The highest BCUT2D eigenvalue weighted by molar-refractivity contribution is 7.18. The molecule has 0 saturated carbocycles. The first kappa shape index (κ1) is 18.6. The van der Waals surface area contributed by atoms with Crippen molar-refractivity contribution in [3.05, 3.63) is 64.7 Å². The molecular weight excluding hydrogens is 372 g/mol. The Hall–Kier alpha value is -2.73. The van der Waals surface area contributed by atoms with Crippen molar-refractivity contribution in [3.8, 4) is 0 Å². The molecule has 1 aromatic heterocycles. The number of para-hydroxylation sites is 1. The minimum absolute atomic E-state index is 0.147. The molecule has 0 radical (unpaired) electrons. The van der Waals surface area contributed by atoms with Gasteiger partial charge < -0.3 is 9.64 Å². The summed E-state index contributed by atoms with van der Waals surface area (Å²) < 4.78 is 6.40. The Morgan fingerprint density at radius 2 is 1.96 bits per heavy atom. The summed E-state index contributed by atoms with van der Waals surface area (Å²) in [6, 6.07) is 15.2. The zero-order chi connectivity index (χ0) is 19.5. The molecule has 2 aromatic carbocycles. The van der Waals surface area contributed by atoms with E-state index < -0.39 is 5.97 Å². The molecule has 0 unspecified atom stereocenters. The van der Waals surface area contributed by atoms with Gasteiger partial charge in [0.05, 0.1) is 20.8 Å². The van der Waals surface area contributed by atoms with Gasteiger partial charge in [-0.05, 0) is 44.0 Å². The molecule has 5 nitrogen and oxygen atoms in total. The smallest absolute Gasteiger partial charge is 0.338 e. The van der Waals surface area contributed by atoms with E-state index >= 15 is 0 Å². The quantitative estimate of drug-likeness (QED) is 0.623. The van der Waals surface area contributed by atoms with Crippen LogP contribution in [0.25, 0.3) is 10.2 Å². The monoisotopic (exact) mass is 394 g/mol. The molecule has 0 aliphatic carbocycles. The van der Waals surface area contributed by atoms with Gasteiger partial charge in [0.25, 0.3) is 5.91 Å². The second kappa shape index (κ2) is 8.10. The van der Waals surface area contributed by atoms with E-state index in [1.165, 1.54) is 4.70 Å². The molecule has 1 aliphatic rings. The first-order valence-corrected chi connectivity index (χ1v) is 10.3. The van der Waals surface area contributed by atoms with Crippen LogP contribution in [-0.2, 0) is 9.53 Å². The number of esters is 1. The van der Waals surface area contributed by atoms with E-state index in [1.54, 1.807) is 28.4 Å². The number of carbonyl (C=O) groups excluding carboxylic acids is 2. The highest BCUT2D eigenvalue weighted by Gasteiger charge is 2.27. The number of rotatable bonds is 4. The number of benzene rings is 2. The summed E-state index contributed by atoms with van der Waals surface area (Å²) in [5, 5.41) is 1.08. The number of aromatic nitrogens is 1. The van der Waals surface area contributed by atoms with Crippen LogP contribution in [0.2, 0.25) is 0 Å². The molecule has 1 aliphatic heterocycles. The van der Waals surface area contributed by atoms with E-state index in [2.05, 4.69) is 6.07 Å². The fourth-order valence-electron chi connectivity index (χ4n) is 3.46. The van der Waals surface area contributed by atoms with Crippen molar-refractivity contribution in [2.45, 2.75) is 25.7 Å². The van der Waals surface area contributed by atoms with E-state index in [0.29, 0.717) is 18.7 Å². The van der Waals surface area contributed by atoms with Gasteiger partial charge in [-0.3, -0.25) is 4.79 Å². The lowest BCUT2D eigenvalue weighted by Crippen LogP contribution is -2.41. The van der Waals surface area contributed by atoms with Crippen molar-refractivity contribution in [2.24, 2.45) is 0 Å². The van der Waals surface area contributed by atoms with Crippen molar-refractivity contribution in [1.29, 1.82) is 0 Å². The largest absolute Gasteiger partial charge is 0.452 e. The molecule has 0 bridgehead atoms.